The van der Waals surface area contributed by atoms with Gasteiger partial charge >= 0.3 is 0 Å². The maximum absolute atomic E-state index is 5.97. The van der Waals surface area contributed by atoms with Gasteiger partial charge in [0.25, 0.3) is 0 Å². The Hall–Kier alpha value is -0.110. The summed E-state index contributed by atoms with van der Waals surface area (Å²) >= 11 is 17.6. The molecule has 0 aliphatic carbocycles. The van der Waals surface area contributed by atoms with Crippen LogP contribution < -0.4 is 5.32 Å². The van der Waals surface area contributed by atoms with Crippen molar-refractivity contribution >= 4 is 40.5 Å². The van der Waals surface area contributed by atoms with E-state index in [9.17, 15) is 0 Å². The fraction of sp³-hybridized carbons (Fsp3) is 0.400. The van der Waals surface area contributed by atoms with Crippen molar-refractivity contribution in [3.63, 3.8) is 0 Å². The Morgan fingerprint density at radius 2 is 1.71 bits per heavy atom. The van der Waals surface area contributed by atoms with E-state index in [1.807, 2.05) is 0 Å². The van der Waals surface area contributed by atoms with Gasteiger partial charge in [0.05, 0.1) is 20.8 Å². The van der Waals surface area contributed by atoms with E-state index in [1.165, 1.54) is 0 Å². The van der Waals surface area contributed by atoms with Crippen molar-refractivity contribution in [3.05, 3.63) is 27.2 Å². The Morgan fingerprint density at radius 3 is 2.36 bits per heavy atom. The summed E-state index contributed by atoms with van der Waals surface area (Å²) in [6.45, 7) is 3.03. The van der Waals surface area contributed by atoms with Gasteiger partial charge in [-0.3, -0.25) is 0 Å². The number of unbranched alkanes of at least 4 members (excludes halogenated alkanes) is 1. The quantitative estimate of drug-likeness (QED) is 0.596. The molecule has 0 aromatic heterocycles. The lowest BCUT2D eigenvalue weighted by molar-refractivity contribution is 0.834. The van der Waals surface area contributed by atoms with Crippen LogP contribution in [0, 0.1) is 0 Å². The minimum atomic E-state index is 0.484. The van der Waals surface area contributed by atoms with E-state index >= 15 is 0 Å². The maximum atomic E-state index is 5.97. The van der Waals surface area contributed by atoms with Gasteiger partial charge in [0, 0.05) is 6.54 Å². The molecule has 0 aliphatic rings. The molecule has 0 saturated carbocycles. The van der Waals surface area contributed by atoms with Gasteiger partial charge in [0.15, 0.2) is 0 Å². The molecule has 1 aromatic carbocycles. The molecule has 1 rings (SSSR count). The first-order chi connectivity index (χ1) is 6.65. The lowest BCUT2D eigenvalue weighted by Crippen LogP contribution is -2.01. The van der Waals surface area contributed by atoms with Crippen molar-refractivity contribution in [2.45, 2.75) is 19.8 Å². The number of nitrogens with one attached hydrogen (secondary N) is 1. The molecule has 0 aliphatic heterocycles. The van der Waals surface area contributed by atoms with E-state index in [2.05, 4.69) is 12.2 Å². The van der Waals surface area contributed by atoms with Crippen molar-refractivity contribution in [1.82, 2.24) is 0 Å². The van der Waals surface area contributed by atoms with Crippen LogP contribution in [-0.4, -0.2) is 6.54 Å². The van der Waals surface area contributed by atoms with Gasteiger partial charge in [0.1, 0.15) is 0 Å². The van der Waals surface area contributed by atoms with Crippen molar-refractivity contribution < 1.29 is 0 Å². The molecule has 0 fully saturated rings. The molecule has 4 heteroatoms. The summed E-state index contributed by atoms with van der Waals surface area (Å²) in [6.07, 6.45) is 2.25. The van der Waals surface area contributed by atoms with Crippen LogP contribution in [0.3, 0.4) is 0 Å². The van der Waals surface area contributed by atoms with Crippen LogP contribution in [0.5, 0.6) is 0 Å². The van der Waals surface area contributed by atoms with Crippen molar-refractivity contribution in [1.29, 1.82) is 0 Å². The second-order valence-corrected chi connectivity index (χ2v) is 4.25. The second-order valence-electron chi connectivity index (χ2n) is 3.03. The summed E-state index contributed by atoms with van der Waals surface area (Å²) in [5.41, 5.74) is 0.842. The number of rotatable bonds is 4. The zero-order chi connectivity index (χ0) is 10.6. The highest BCUT2D eigenvalue weighted by atomic mass is 35.5. The number of benzene rings is 1. The summed E-state index contributed by atoms with van der Waals surface area (Å²) in [5.74, 6) is 0. The number of halogens is 3. The van der Waals surface area contributed by atoms with E-state index in [0.29, 0.717) is 15.1 Å². The molecule has 0 atom stereocenters. The fourth-order valence-corrected chi connectivity index (χ4v) is 1.67. The van der Waals surface area contributed by atoms with Gasteiger partial charge in [-0.05, 0) is 18.6 Å². The van der Waals surface area contributed by atoms with Crippen molar-refractivity contribution in [3.8, 4) is 0 Å². The monoisotopic (exact) mass is 251 g/mol. The van der Waals surface area contributed by atoms with Crippen LogP contribution in [0.1, 0.15) is 19.8 Å². The minimum absolute atomic E-state index is 0.484. The number of anilines is 1. The standard InChI is InChI=1S/C10H12Cl3N/c1-2-3-4-14-10-6-8(12)7(11)5-9(10)13/h5-6,14H,2-4H2,1H3. The Labute approximate surface area is 99.4 Å². The van der Waals surface area contributed by atoms with E-state index in [-0.39, 0.29) is 0 Å². The molecule has 0 radical (unpaired) electrons. The third-order valence-corrected chi connectivity index (χ3v) is 2.89. The van der Waals surface area contributed by atoms with E-state index < -0.39 is 0 Å². The van der Waals surface area contributed by atoms with Gasteiger partial charge < -0.3 is 5.32 Å². The summed E-state index contributed by atoms with van der Waals surface area (Å²) in [5, 5.41) is 4.82. The van der Waals surface area contributed by atoms with Gasteiger partial charge in [0.2, 0.25) is 0 Å². The van der Waals surface area contributed by atoms with Crippen LogP contribution in [0.25, 0.3) is 0 Å². The third-order valence-electron chi connectivity index (χ3n) is 1.86. The molecule has 0 unspecified atom stereocenters. The summed E-state index contributed by atoms with van der Waals surface area (Å²) in [4.78, 5) is 0. The van der Waals surface area contributed by atoms with Crippen LogP contribution in [0.4, 0.5) is 5.69 Å². The Balaban J connectivity index is 2.72. The number of hydrogen-bond acceptors (Lipinski definition) is 1. The Bertz CT molecular complexity index is 312. The van der Waals surface area contributed by atoms with Crippen LogP contribution in [0.15, 0.2) is 12.1 Å². The normalized spacial score (nSPS) is 10.3. The van der Waals surface area contributed by atoms with E-state index in [0.717, 1.165) is 25.1 Å². The summed E-state index contributed by atoms with van der Waals surface area (Å²) < 4.78 is 0. The molecule has 0 saturated heterocycles. The lowest BCUT2D eigenvalue weighted by Gasteiger charge is -2.08. The minimum Gasteiger partial charge on any atom is -0.384 e. The van der Waals surface area contributed by atoms with Crippen LogP contribution in [0.2, 0.25) is 15.1 Å². The molecule has 78 valence electrons. The third kappa shape index (κ3) is 3.23. The smallest absolute Gasteiger partial charge is 0.0653 e. The summed E-state index contributed by atoms with van der Waals surface area (Å²) in [6, 6.07) is 3.40. The van der Waals surface area contributed by atoms with Gasteiger partial charge in [-0.2, -0.15) is 0 Å². The maximum Gasteiger partial charge on any atom is 0.0653 e. The summed E-state index contributed by atoms with van der Waals surface area (Å²) in [7, 11) is 0. The van der Waals surface area contributed by atoms with Crippen molar-refractivity contribution in [2.24, 2.45) is 0 Å². The van der Waals surface area contributed by atoms with E-state index in [4.69, 9.17) is 34.8 Å². The molecule has 1 N–H and O–H groups in total. The molecule has 0 heterocycles. The molecular formula is C10H12Cl3N. The van der Waals surface area contributed by atoms with Gasteiger partial charge in [-0.1, -0.05) is 48.1 Å². The molecule has 0 spiro atoms. The molecule has 1 nitrogen and oxygen atoms in total. The SMILES string of the molecule is CCCCNc1cc(Cl)c(Cl)cc1Cl. The molecule has 0 amide bonds. The second kappa shape index (κ2) is 5.69. The lowest BCUT2D eigenvalue weighted by atomic mass is 10.3. The van der Waals surface area contributed by atoms with E-state index in [1.54, 1.807) is 12.1 Å². The highest BCUT2D eigenvalue weighted by Gasteiger charge is 2.04. The molecular weight excluding hydrogens is 240 g/mol. The van der Waals surface area contributed by atoms with Crippen molar-refractivity contribution in [2.75, 3.05) is 11.9 Å². The van der Waals surface area contributed by atoms with Crippen LogP contribution >= 0.6 is 34.8 Å². The Morgan fingerprint density at radius 1 is 1.07 bits per heavy atom. The zero-order valence-electron chi connectivity index (χ0n) is 7.91. The highest BCUT2D eigenvalue weighted by molar-refractivity contribution is 6.44. The largest absolute Gasteiger partial charge is 0.384 e. The molecule has 14 heavy (non-hydrogen) atoms. The topological polar surface area (TPSA) is 12.0 Å². The average molecular weight is 253 g/mol. The first-order valence-electron chi connectivity index (χ1n) is 4.53. The average Bonchev–Trinajstić information content (AvgIpc) is 2.14. The zero-order valence-corrected chi connectivity index (χ0v) is 10.2. The Kier molecular flexibility index (Phi) is 4.86. The molecule has 1 aromatic rings. The molecule has 0 bridgehead atoms. The predicted octanol–water partition coefficient (Wildman–Crippen LogP) is 4.86. The van der Waals surface area contributed by atoms with Gasteiger partial charge in [-0.25, -0.2) is 0 Å². The first kappa shape index (κ1) is 12.0. The first-order valence-corrected chi connectivity index (χ1v) is 5.67. The highest BCUT2D eigenvalue weighted by Crippen LogP contribution is 2.32. The fourth-order valence-electron chi connectivity index (χ4n) is 1.06. The number of hydrogen-bond donors (Lipinski definition) is 1. The van der Waals surface area contributed by atoms with Crippen LogP contribution in [-0.2, 0) is 0 Å². The van der Waals surface area contributed by atoms with Gasteiger partial charge in [-0.15, -0.1) is 0 Å². The predicted molar refractivity (Wildman–Crippen MR) is 64.9 cm³/mol.